The van der Waals surface area contributed by atoms with Crippen LogP contribution in [-0.2, 0) is 11.2 Å². The number of nitrogens with one attached hydrogen (secondary N) is 1. The van der Waals surface area contributed by atoms with E-state index in [1.807, 2.05) is 30.3 Å². The molecule has 0 aliphatic rings. The van der Waals surface area contributed by atoms with Crippen molar-refractivity contribution < 1.29 is 4.79 Å². The second-order valence-corrected chi connectivity index (χ2v) is 10.3. The fraction of sp³-hybridized carbons (Fsp3) is 0.103. The molecule has 43 heavy (non-hydrogen) atoms. The summed E-state index contributed by atoms with van der Waals surface area (Å²) in [4.78, 5) is 40.3. The number of halogens is 2. The normalized spacial score (nSPS) is 11.8. The second-order valence-electron chi connectivity index (χ2n) is 9.50. The number of aryl methyl sites for hydroxylation is 1. The maximum Gasteiger partial charge on any atom is 0.254 e. The van der Waals surface area contributed by atoms with E-state index in [2.05, 4.69) is 35.7 Å². The molecule has 0 radical (unpaired) electrons. The Hall–Kier alpha value is -5.20. The van der Waals surface area contributed by atoms with Crippen LogP contribution in [-0.4, -0.2) is 50.2 Å². The number of aromatic nitrogens is 9. The summed E-state index contributed by atoms with van der Waals surface area (Å²) in [5, 5.41) is 15.6. The first-order chi connectivity index (χ1) is 20.8. The van der Waals surface area contributed by atoms with E-state index < -0.39 is 17.5 Å². The van der Waals surface area contributed by atoms with Gasteiger partial charge in [0.05, 0.1) is 35.8 Å². The van der Waals surface area contributed by atoms with E-state index in [0.29, 0.717) is 39.3 Å². The zero-order valence-electron chi connectivity index (χ0n) is 22.5. The molecule has 214 valence electrons. The average Bonchev–Trinajstić information content (AvgIpc) is 3.65. The Labute approximate surface area is 254 Å². The summed E-state index contributed by atoms with van der Waals surface area (Å²) < 4.78 is 4.31. The Morgan fingerprint density at radius 2 is 1.79 bits per heavy atom. The van der Waals surface area contributed by atoms with Crippen molar-refractivity contribution in [3.8, 4) is 22.8 Å². The molecule has 4 aromatic heterocycles. The van der Waals surface area contributed by atoms with Crippen molar-refractivity contribution in [2.24, 2.45) is 0 Å². The Kier molecular flexibility index (Phi) is 7.77. The van der Waals surface area contributed by atoms with Crippen LogP contribution in [0, 0.1) is 6.92 Å². The fourth-order valence-electron chi connectivity index (χ4n) is 4.50. The highest BCUT2D eigenvalue weighted by molar-refractivity contribution is 6.31. The zero-order chi connectivity index (χ0) is 29.9. The van der Waals surface area contributed by atoms with Gasteiger partial charge in [0.25, 0.3) is 5.56 Å². The Morgan fingerprint density at radius 3 is 2.47 bits per heavy atom. The number of hydrogen-bond donors (Lipinski definition) is 1. The van der Waals surface area contributed by atoms with Crippen molar-refractivity contribution in [3.05, 3.63) is 124 Å². The number of hydrogen-bond acceptors (Lipinski definition) is 8. The standard InChI is InChI=1S/C29H22Cl2N10O2/c1-18-33-17-41(37-18)27-10-8-21(14-32-27)35-29(43)25(11-19-5-3-2-4-6-19)39-16-34-23(13-28(39)42)22-12-20(30)7-9-24(22)40-15-26(31)36-38-40/h2-10,12-17,25H,11H2,1H3,(H,35,43)/t25-/m0/s1. The van der Waals surface area contributed by atoms with Crippen LogP contribution in [0.1, 0.15) is 17.4 Å². The van der Waals surface area contributed by atoms with Crippen molar-refractivity contribution in [3.63, 3.8) is 0 Å². The van der Waals surface area contributed by atoms with Crippen LogP contribution in [0.2, 0.25) is 10.2 Å². The third kappa shape index (κ3) is 6.20. The summed E-state index contributed by atoms with van der Waals surface area (Å²) in [6, 6.07) is 18.4. The summed E-state index contributed by atoms with van der Waals surface area (Å²) >= 11 is 12.3. The minimum Gasteiger partial charge on any atom is -0.323 e. The molecule has 4 heterocycles. The monoisotopic (exact) mass is 612 g/mol. The van der Waals surface area contributed by atoms with Crippen molar-refractivity contribution in [2.45, 2.75) is 19.4 Å². The number of amides is 1. The zero-order valence-corrected chi connectivity index (χ0v) is 24.1. The van der Waals surface area contributed by atoms with Crippen LogP contribution in [0.5, 0.6) is 0 Å². The van der Waals surface area contributed by atoms with E-state index in [-0.39, 0.29) is 11.6 Å². The fourth-order valence-corrected chi connectivity index (χ4v) is 4.80. The van der Waals surface area contributed by atoms with Gasteiger partial charge in [-0.1, -0.05) is 58.7 Å². The first-order valence-electron chi connectivity index (χ1n) is 13.0. The maximum atomic E-state index is 13.7. The molecule has 0 saturated carbocycles. The van der Waals surface area contributed by atoms with Gasteiger partial charge in [0.2, 0.25) is 5.91 Å². The van der Waals surface area contributed by atoms with Gasteiger partial charge in [-0.3, -0.25) is 14.2 Å². The summed E-state index contributed by atoms with van der Waals surface area (Å²) in [7, 11) is 0. The lowest BCUT2D eigenvalue weighted by Gasteiger charge is -2.20. The van der Waals surface area contributed by atoms with Crippen molar-refractivity contribution in [1.29, 1.82) is 0 Å². The highest BCUT2D eigenvalue weighted by Gasteiger charge is 2.24. The molecule has 0 saturated heterocycles. The Morgan fingerprint density at radius 1 is 0.953 bits per heavy atom. The molecule has 1 atom stereocenters. The van der Waals surface area contributed by atoms with Gasteiger partial charge in [-0.2, -0.15) is 5.10 Å². The van der Waals surface area contributed by atoms with Crippen LogP contribution >= 0.6 is 23.2 Å². The van der Waals surface area contributed by atoms with E-state index in [4.69, 9.17) is 23.2 Å². The molecule has 0 aliphatic carbocycles. The topological polar surface area (TPSA) is 138 Å². The molecule has 0 unspecified atom stereocenters. The Bertz CT molecular complexity index is 1970. The minimum atomic E-state index is -0.915. The van der Waals surface area contributed by atoms with Gasteiger partial charge >= 0.3 is 0 Å². The summed E-state index contributed by atoms with van der Waals surface area (Å²) in [5.41, 5.74) is 2.34. The third-order valence-corrected chi connectivity index (χ3v) is 6.96. The molecule has 2 aromatic carbocycles. The van der Waals surface area contributed by atoms with Crippen molar-refractivity contribution in [1.82, 2.24) is 44.3 Å². The van der Waals surface area contributed by atoms with E-state index in [1.54, 1.807) is 43.6 Å². The van der Waals surface area contributed by atoms with Crippen LogP contribution in [0.3, 0.4) is 0 Å². The van der Waals surface area contributed by atoms with Crippen molar-refractivity contribution >= 4 is 34.8 Å². The molecule has 12 nitrogen and oxygen atoms in total. The van der Waals surface area contributed by atoms with Gasteiger partial charge in [0.15, 0.2) is 11.0 Å². The van der Waals surface area contributed by atoms with Gasteiger partial charge < -0.3 is 5.32 Å². The molecule has 0 bridgehead atoms. The number of benzene rings is 2. The van der Waals surface area contributed by atoms with Crippen LogP contribution in [0.25, 0.3) is 22.8 Å². The van der Waals surface area contributed by atoms with Crippen LogP contribution < -0.4 is 10.9 Å². The predicted octanol–water partition coefficient (Wildman–Crippen LogP) is 4.50. The SMILES string of the molecule is Cc1ncn(-c2ccc(NC(=O)[C@H](Cc3ccccc3)n3cnc(-c4cc(Cl)ccc4-n4cc(Cl)nn4)cc3=O)cn2)n1. The summed E-state index contributed by atoms with van der Waals surface area (Å²) in [6.45, 7) is 1.78. The smallest absolute Gasteiger partial charge is 0.254 e. The highest BCUT2D eigenvalue weighted by atomic mass is 35.5. The van der Waals surface area contributed by atoms with Crippen molar-refractivity contribution in [2.75, 3.05) is 5.32 Å². The number of pyridine rings is 1. The molecular weight excluding hydrogens is 591 g/mol. The number of nitrogens with zero attached hydrogens (tertiary/aromatic N) is 9. The quantitative estimate of drug-likeness (QED) is 0.265. The molecule has 6 rings (SSSR count). The van der Waals surface area contributed by atoms with Gasteiger partial charge in [0, 0.05) is 23.1 Å². The molecular formula is C29H22Cl2N10O2. The first-order valence-corrected chi connectivity index (χ1v) is 13.8. The number of carbonyl (C=O) groups is 1. The minimum absolute atomic E-state index is 0.206. The summed E-state index contributed by atoms with van der Waals surface area (Å²) in [5.74, 6) is 0.749. The van der Waals surface area contributed by atoms with E-state index in [1.165, 1.54) is 38.7 Å². The average molecular weight is 613 g/mol. The Balaban J connectivity index is 1.32. The number of carbonyl (C=O) groups excluding carboxylic acids is 1. The lowest BCUT2D eigenvalue weighted by Crippen LogP contribution is -2.34. The van der Waals surface area contributed by atoms with Gasteiger partial charge in [0.1, 0.15) is 18.2 Å². The summed E-state index contributed by atoms with van der Waals surface area (Å²) in [6.07, 6.45) is 6.22. The molecule has 0 fully saturated rings. The molecule has 0 aliphatic heterocycles. The maximum absolute atomic E-state index is 13.7. The van der Waals surface area contributed by atoms with Gasteiger partial charge in [-0.15, -0.1) is 5.10 Å². The second kappa shape index (κ2) is 12.0. The number of rotatable bonds is 8. The number of anilines is 1. The molecule has 14 heteroatoms. The highest BCUT2D eigenvalue weighted by Crippen LogP contribution is 2.28. The molecule has 1 amide bonds. The lowest BCUT2D eigenvalue weighted by atomic mass is 10.0. The lowest BCUT2D eigenvalue weighted by molar-refractivity contribution is -0.119. The molecule has 6 aromatic rings. The van der Waals surface area contributed by atoms with E-state index in [0.717, 1.165) is 5.56 Å². The molecule has 1 N–H and O–H groups in total. The predicted molar refractivity (Wildman–Crippen MR) is 161 cm³/mol. The molecule has 0 spiro atoms. The van der Waals surface area contributed by atoms with E-state index >= 15 is 0 Å². The largest absolute Gasteiger partial charge is 0.323 e. The van der Waals surface area contributed by atoms with Gasteiger partial charge in [-0.05, 0) is 42.8 Å². The van der Waals surface area contributed by atoms with Gasteiger partial charge in [-0.25, -0.2) is 24.3 Å². The van der Waals surface area contributed by atoms with E-state index in [9.17, 15) is 9.59 Å². The third-order valence-electron chi connectivity index (χ3n) is 6.55. The first kappa shape index (κ1) is 27.9. The van der Waals surface area contributed by atoms with Crippen LogP contribution in [0.15, 0.2) is 96.6 Å². The van der Waals surface area contributed by atoms with Crippen LogP contribution in [0.4, 0.5) is 5.69 Å².